The molecular weight excluding hydrogens is 298 g/mol. The molecule has 1 aromatic carbocycles. The zero-order valence-corrected chi connectivity index (χ0v) is 12.3. The Balaban J connectivity index is 2.50. The second-order valence-corrected chi connectivity index (χ2v) is 4.47. The van der Waals surface area contributed by atoms with Gasteiger partial charge >= 0.3 is 5.97 Å². The fraction of sp³-hybridized carbons (Fsp3) is 0.462. The zero-order chi connectivity index (χ0) is 15.5. The minimum atomic E-state index is -0.942. The number of carbonyl (C=O) groups is 1. The highest BCUT2D eigenvalue weighted by Gasteiger charge is 2.19. The molecule has 0 unspecified atom stereocenters. The molecule has 8 heteroatoms. The highest BCUT2D eigenvalue weighted by Crippen LogP contribution is 2.13. The van der Waals surface area contributed by atoms with Crippen LogP contribution in [-0.2, 0) is 25.4 Å². The molecule has 1 rings (SSSR count). The van der Waals surface area contributed by atoms with Crippen molar-refractivity contribution in [3.63, 3.8) is 0 Å². The third-order valence-corrected chi connectivity index (χ3v) is 2.77. The van der Waals surface area contributed by atoms with Crippen LogP contribution in [0.25, 0.3) is 10.4 Å². The molecule has 0 radical (unpaired) electrons. The summed E-state index contributed by atoms with van der Waals surface area (Å²) in [6.07, 6.45) is 0.234. The summed E-state index contributed by atoms with van der Waals surface area (Å²) in [4.78, 5) is 14.5. The summed E-state index contributed by atoms with van der Waals surface area (Å²) in [5, 5.41) is 4.04. The number of hydrogen-bond donors (Lipinski definition) is 0. The van der Waals surface area contributed by atoms with Gasteiger partial charge in [0.2, 0.25) is 0 Å². The van der Waals surface area contributed by atoms with Crippen LogP contribution in [0.3, 0.4) is 0 Å². The first kappa shape index (κ1) is 17.3. The Morgan fingerprint density at radius 3 is 2.71 bits per heavy atom. The Labute approximate surface area is 127 Å². The smallest absolute Gasteiger partial charge is 0.317 e. The fourth-order valence-electron chi connectivity index (χ4n) is 1.47. The van der Waals surface area contributed by atoms with Gasteiger partial charge in [-0.15, -0.1) is 0 Å². The van der Waals surface area contributed by atoms with Crippen LogP contribution in [0.5, 0.6) is 0 Å². The molecule has 0 aliphatic carbocycles. The minimum Gasteiger partial charge on any atom is -0.438 e. The van der Waals surface area contributed by atoms with Crippen molar-refractivity contribution in [2.24, 2.45) is 5.11 Å². The van der Waals surface area contributed by atoms with Crippen LogP contribution in [0.4, 0.5) is 0 Å². The number of methoxy groups -OCH3 is 1. The van der Waals surface area contributed by atoms with E-state index in [1.165, 1.54) is 0 Å². The Bertz CT molecular complexity index is 489. The first-order chi connectivity index (χ1) is 10.2. The number of hydrogen-bond acceptors (Lipinski definition) is 5. The molecule has 114 valence electrons. The third kappa shape index (κ3) is 6.97. The molecule has 21 heavy (non-hydrogen) atoms. The molecule has 0 amide bonds. The highest BCUT2D eigenvalue weighted by atomic mass is 35.5. The molecule has 0 aliphatic rings. The molecule has 0 saturated heterocycles. The van der Waals surface area contributed by atoms with Gasteiger partial charge in [-0.2, -0.15) is 0 Å². The van der Waals surface area contributed by atoms with Crippen molar-refractivity contribution in [2.75, 3.05) is 27.1 Å². The van der Waals surface area contributed by atoms with Crippen molar-refractivity contribution in [2.45, 2.75) is 12.5 Å². The van der Waals surface area contributed by atoms with Crippen LogP contribution < -0.4 is 0 Å². The van der Waals surface area contributed by atoms with Gasteiger partial charge in [-0.25, -0.2) is 0 Å². The van der Waals surface area contributed by atoms with Gasteiger partial charge in [0.15, 0.2) is 6.79 Å². The summed E-state index contributed by atoms with van der Waals surface area (Å²) >= 11 is 5.78. The predicted octanol–water partition coefficient (Wildman–Crippen LogP) is 2.73. The zero-order valence-electron chi connectivity index (χ0n) is 11.6. The number of nitrogens with zero attached hydrogens (tertiary/aromatic N) is 3. The number of azide groups is 1. The molecule has 1 atom stereocenters. The van der Waals surface area contributed by atoms with Gasteiger partial charge < -0.3 is 14.2 Å². The van der Waals surface area contributed by atoms with E-state index in [1.54, 1.807) is 31.4 Å². The topological polar surface area (TPSA) is 93.5 Å². The average Bonchev–Trinajstić information content (AvgIpc) is 2.48. The van der Waals surface area contributed by atoms with Gasteiger partial charge in [0, 0.05) is 17.0 Å². The molecule has 1 aromatic rings. The summed E-state index contributed by atoms with van der Waals surface area (Å²) in [6, 6.07) is 5.96. The number of halogens is 1. The standard InChI is InChI=1S/C13H16ClN3O4/c1-19-6-7-20-9-21-13(18)12(16-17-15)8-10-2-4-11(14)5-3-10/h2-5,12H,6-9H2,1H3/t12-/m0/s1. The molecular formula is C13H16ClN3O4. The van der Waals surface area contributed by atoms with Crippen molar-refractivity contribution in [3.05, 3.63) is 45.3 Å². The van der Waals surface area contributed by atoms with E-state index in [4.69, 9.17) is 31.3 Å². The van der Waals surface area contributed by atoms with Crippen LogP contribution in [-0.4, -0.2) is 39.1 Å². The van der Waals surface area contributed by atoms with E-state index >= 15 is 0 Å². The number of esters is 1. The maximum Gasteiger partial charge on any atom is 0.317 e. The molecule has 0 saturated carbocycles. The summed E-state index contributed by atoms with van der Waals surface area (Å²) in [5.41, 5.74) is 9.34. The van der Waals surface area contributed by atoms with Crippen LogP contribution in [0.1, 0.15) is 5.56 Å². The summed E-state index contributed by atoms with van der Waals surface area (Å²) in [6.45, 7) is 0.509. The Hall–Kier alpha value is -1.79. The van der Waals surface area contributed by atoms with E-state index in [9.17, 15) is 4.79 Å². The second-order valence-electron chi connectivity index (χ2n) is 4.03. The normalized spacial score (nSPS) is 11.5. The van der Waals surface area contributed by atoms with E-state index in [-0.39, 0.29) is 13.2 Å². The number of rotatable bonds is 9. The lowest BCUT2D eigenvalue weighted by atomic mass is 10.1. The fourth-order valence-corrected chi connectivity index (χ4v) is 1.60. The molecule has 0 spiro atoms. The molecule has 0 aromatic heterocycles. The van der Waals surface area contributed by atoms with E-state index < -0.39 is 12.0 Å². The van der Waals surface area contributed by atoms with Crippen molar-refractivity contribution in [1.82, 2.24) is 0 Å². The lowest BCUT2D eigenvalue weighted by molar-refractivity contribution is -0.158. The molecule has 0 N–H and O–H groups in total. The molecule has 0 fully saturated rings. The van der Waals surface area contributed by atoms with Crippen LogP contribution >= 0.6 is 11.6 Å². The van der Waals surface area contributed by atoms with Gasteiger partial charge in [-0.05, 0) is 29.6 Å². The quantitative estimate of drug-likeness (QED) is 0.175. The number of carbonyl (C=O) groups excluding carboxylic acids is 1. The van der Waals surface area contributed by atoms with Gasteiger partial charge in [-0.1, -0.05) is 28.8 Å². The van der Waals surface area contributed by atoms with E-state index in [0.717, 1.165) is 5.56 Å². The van der Waals surface area contributed by atoms with Crippen LogP contribution in [0.2, 0.25) is 5.02 Å². The largest absolute Gasteiger partial charge is 0.438 e. The molecule has 0 bridgehead atoms. The lowest BCUT2D eigenvalue weighted by Crippen LogP contribution is -2.24. The first-order valence-electron chi connectivity index (χ1n) is 6.19. The Kier molecular flexibility index (Phi) is 8.23. The maximum absolute atomic E-state index is 11.8. The Morgan fingerprint density at radius 2 is 2.10 bits per heavy atom. The maximum atomic E-state index is 11.8. The molecule has 0 heterocycles. The highest BCUT2D eigenvalue weighted by molar-refractivity contribution is 6.30. The van der Waals surface area contributed by atoms with E-state index in [2.05, 4.69) is 10.0 Å². The SMILES string of the molecule is COCCOCOC(=O)[C@H](Cc1ccc(Cl)cc1)N=[N+]=[N-]. The lowest BCUT2D eigenvalue weighted by Gasteiger charge is -2.11. The monoisotopic (exact) mass is 313 g/mol. The van der Waals surface area contributed by atoms with Crippen molar-refractivity contribution >= 4 is 17.6 Å². The summed E-state index contributed by atoms with van der Waals surface area (Å²) in [7, 11) is 1.54. The third-order valence-electron chi connectivity index (χ3n) is 2.52. The minimum absolute atomic E-state index is 0.208. The molecule has 7 nitrogen and oxygen atoms in total. The van der Waals surface area contributed by atoms with Crippen molar-refractivity contribution in [1.29, 1.82) is 0 Å². The van der Waals surface area contributed by atoms with Gasteiger partial charge in [0.1, 0.15) is 6.04 Å². The average molecular weight is 314 g/mol. The van der Waals surface area contributed by atoms with Crippen LogP contribution in [0, 0.1) is 0 Å². The molecule has 0 aliphatic heterocycles. The van der Waals surface area contributed by atoms with Crippen LogP contribution in [0.15, 0.2) is 29.4 Å². The van der Waals surface area contributed by atoms with E-state index in [0.29, 0.717) is 18.2 Å². The van der Waals surface area contributed by atoms with E-state index in [1.807, 2.05) is 0 Å². The Morgan fingerprint density at radius 1 is 1.38 bits per heavy atom. The van der Waals surface area contributed by atoms with Crippen molar-refractivity contribution < 1.29 is 19.0 Å². The van der Waals surface area contributed by atoms with Crippen molar-refractivity contribution in [3.8, 4) is 0 Å². The predicted molar refractivity (Wildman–Crippen MR) is 76.9 cm³/mol. The summed E-state index contributed by atoms with van der Waals surface area (Å²) in [5.74, 6) is -0.639. The first-order valence-corrected chi connectivity index (χ1v) is 6.57. The van der Waals surface area contributed by atoms with Gasteiger partial charge in [0.05, 0.1) is 13.2 Å². The number of ether oxygens (including phenoxy) is 3. The second kappa shape index (κ2) is 10.0. The summed E-state index contributed by atoms with van der Waals surface area (Å²) < 4.78 is 14.7. The number of benzene rings is 1. The van der Waals surface area contributed by atoms with Gasteiger partial charge in [0.25, 0.3) is 0 Å². The van der Waals surface area contributed by atoms with Gasteiger partial charge in [-0.3, -0.25) is 4.79 Å².